The molecule has 2 rings (SSSR count). The number of hydrogen-bond acceptors (Lipinski definition) is 5. The minimum Gasteiger partial charge on any atom is -0.385 e. The van der Waals surface area contributed by atoms with Gasteiger partial charge in [-0.25, -0.2) is 21.6 Å². The van der Waals surface area contributed by atoms with Crippen LogP contribution in [0.25, 0.3) is 0 Å². The van der Waals surface area contributed by atoms with Gasteiger partial charge in [-0.05, 0) is 55.0 Å². The lowest BCUT2D eigenvalue weighted by Gasteiger charge is -2.10. The zero-order valence-electron chi connectivity index (χ0n) is 14.0. The number of halogens is 1. The Morgan fingerprint density at radius 1 is 0.885 bits per heavy atom. The number of rotatable bonds is 9. The Labute approximate surface area is 162 Å². The monoisotopic (exact) mass is 462 g/mol. The highest BCUT2D eigenvalue weighted by atomic mass is 79.9. The van der Waals surface area contributed by atoms with Gasteiger partial charge in [-0.2, -0.15) is 0 Å². The van der Waals surface area contributed by atoms with Crippen molar-refractivity contribution in [3.63, 3.8) is 0 Å². The average Bonchev–Trinajstić information content (AvgIpc) is 2.59. The molecule has 0 amide bonds. The van der Waals surface area contributed by atoms with Crippen molar-refractivity contribution < 1.29 is 21.6 Å². The maximum atomic E-state index is 12.3. The highest BCUT2D eigenvalue weighted by Crippen LogP contribution is 2.20. The molecule has 0 aromatic heterocycles. The van der Waals surface area contributed by atoms with Crippen LogP contribution in [-0.4, -0.2) is 37.1 Å². The molecule has 0 saturated carbocycles. The first kappa shape index (κ1) is 20.8. The molecule has 7 nitrogen and oxygen atoms in total. The number of nitrogens with one attached hydrogen (secondary N) is 2. The van der Waals surface area contributed by atoms with Gasteiger partial charge >= 0.3 is 0 Å². The van der Waals surface area contributed by atoms with E-state index in [9.17, 15) is 16.8 Å². The number of sulfonamides is 2. The molecule has 0 saturated heterocycles. The first-order valence-corrected chi connectivity index (χ1v) is 11.4. The summed E-state index contributed by atoms with van der Waals surface area (Å²) in [4.78, 5) is 0.165. The first-order valence-electron chi connectivity index (χ1n) is 7.62. The topological polar surface area (TPSA) is 102 Å². The highest BCUT2D eigenvalue weighted by molar-refractivity contribution is 9.10. The Hall–Kier alpha value is -1.46. The van der Waals surface area contributed by atoms with Crippen LogP contribution in [-0.2, 0) is 24.8 Å². The molecule has 2 N–H and O–H groups in total. The van der Waals surface area contributed by atoms with E-state index in [4.69, 9.17) is 4.74 Å². The van der Waals surface area contributed by atoms with Gasteiger partial charge in [0.2, 0.25) is 10.0 Å². The third kappa shape index (κ3) is 5.78. The lowest BCUT2D eigenvalue weighted by atomic mass is 10.3. The predicted molar refractivity (Wildman–Crippen MR) is 103 cm³/mol. The Kier molecular flexibility index (Phi) is 7.18. The van der Waals surface area contributed by atoms with Crippen LogP contribution in [0.1, 0.15) is 6.42 Å². The molecule has 0 aliphatic heterocycles. The SMILES string of the molecule is COCCCNS(=O)(=O)c1ccc(NS(=O)(=O)c2ccc(Br)cc2)cc1. The molecule has 26 heavy (non-hydrogen) atoms. The minimum absolute atomic E-state index is 0.0570. The van der Waals surface area contributed by atoms with E-state index >= 15 is 0 Å². The first-order chi connectivity index (χ1) is 12.2. The second kappa shape index (κ2) is 8.96. The molecule has 0 bridgehead atoms. The van der Waals surface area contributed by atoms with Crippen molar-refractivity contribution >= 4 is 41.7 Å². The van der Waals surface area contributed by atoms with Crippen molar-refractivity contribution in [2.24, 2.45) is 0 Å². The summed E-state index contributed by atoms with van der Waals surface area (Å²) in [7, 11) is -5.85. The Morgan fingerprint density at radius 3 is 2.00 bits per heavy atom. The molecule has 0 fully saturated rings. The number of anilines is 1. The van der Waals surface area contributed by atoms with Crippen LogP contribution >= 0.6 is 15.9 Å². The molecule has 0 radical (unpaired) electrons. The van der Waals surface area contributed by atoms with Crippen molar-refractivity contribution in [3.8, 4) is 0 Å². The van der Waals surface area contributed by atoms with E-state index in [2.05, 4.69) is 25.4 Å². The fraction of sp³-hybridized carbons (Fsp3) is 0.250. The zero-order valence-corrected chi connectivity index (χ0v) is 17.2. The smallest absolute Gasteiger partial charge is 0.261 e. The summed E-state index contributed by atoms with van der Waals surface area (Å²) in [6.45, 7) is 0.716. The number of ether oxygens (including phenoxy) is 1. The second-order valence-electron chi connectivity index (χ2n) is 5.33. The van der Waals surface area contributed by atoms with Gasteiger partial charge in [0.15, 0.2) is 0 Å². The number of methoxy groups -OCH3 is 1. The summed E-state index contributed by atoms with van der Waals surface area (Å²) in [5, 5.41) is 0. The van der Waals surface area contributed by atoms with Crippen molar-refractivity contribution in [3.05, 3.63) is 53.0 Å². The Morgan fingerprint density at radius 2 is 1.42 bits per heavy atom. The van der Waals surface area contributed by atoms with Crippen LogP contribution in [0.2, 0.25) is 0 Å². The molecule has 10 heteroatoms. The van der Waals surface area contributed by atoms with E-state index in [-0.39, 0.29) is 22.0 Å². The maximum absolute atomic E-state index is 12.3. The summed E-state index contributed by atoms with van der Waals surface area (Å²) in [5.74, 6) is 0. The highest BCUT2D eigenvalue weighted by Gasteiger charge is 2.16. The Bertz CT molecular complexity index is 928. The van der Waals surface area contributed by atoms with E-state index in [1.807, 2.05) is 0 Å². The molecule has 2 aromatic rings. The summed E-state index contributed by atoms with van der Waals surface area (Å²) in [6.07, 6.45) is 0.556. The molecule has 0 aliphatic rings. The lowest BCUT2D eigenvalue weighted by molar-refractivity contribution is 0.196. The van der Waals surface area contributed by atoms with Crippen LogP contribution in [0, 0.1) is 0 Å². The van der Waals surface area contributed by atoms with Crippen LogP contribution < -0.4 is 9.44 Å². The normalized spacial score (nSPS) is 12.1. The third-order valence-corrected chi connectivity index (χ3v) is 6.76. The summed E-state index contributed by atoms with van der Waals surface area (Å²) < 4.78 is 59.5. The molecule has 0 heterocycles. The fourth-order valence-corrected chi connectivity index (χ4v) is 4.43. The van der Waals surface area contributed by atoms with Gasteiger partial charge in [-0.1, -0.05) is 15.9 Å². The Balaban J connectivity index is 2.08. The fourth-order valence-electron chi connectivity index (χ4n) is 2.04. The molecule has 0 unspecified atom stereocenters. The molecule has 0 atom stereocenters. The maximum Gasteiger partial charge on any atom is 0.261 e. The van der Waals surface area contributed by atoms with Gasteiger partial charge in [0.25, 0.3) is 10.0 Å². The van der Waals surface area contributed by atoms with Crippen molar-refractivity contribution in [2.75, 3.05) is 25.0 Å². The minimum atomic E-state index is -3.75. The molecule has 2 aromatic carbocycles. The van der Waals surface area contributed by atoms with E-state index in [1.54, 1.807) is 19.2 Å². The average molecular weight is 463 g/mol. The molecule has 0 aliphatic carbocycles. The molecule has 0 spiro atoms. The van der Waals surface area contributed by atoms with Crippen molar-refractivity contribution in [1.82, 2.24) is 4.72 Å². The van der Waals surface area contributed by atoms with Crippen LogP contribution in [0.15, 0.2) is 62.8 Å². The van der Waals surface area contributed by atoms with Gasteiger partial charge in [0.05, 0.1) is 9.79 Å². The predicted octanol–water partition coefficient (Wildman–Crippen LogP) is 2.56. The van der Waals surface area contributed by atoms with Gasteiger partial charge in [-0.15, -0.1) is 0 Å². The summed E-state index contributed by atoms with van der Waals surface area (Å²) in [6, 6.07) is 11.7. The van der Waals surface area contributed by atoms with Crippen molar-refractivity contribution in [1.29, 1.82) is 0 Å². The van der Waals surface area contributed by atoms with Crippen molar-refractivity contribution in [2.45, 2.75) is 16.2 Å². The molecular weight excluding hydrogens is 444 g/mol. The lowest BCUT2D eigenvalue weighted by Crippen LogP contribution is -2.25. The zero-order chi connectivity index (χ0) is 19.2. The molecule has 142 valence electrons. The van der Waals surface area contributed by atoms with E-state index in [0.29, 0.717) is 13.0 Å². The van der Waals surface area contributed by atoms with E-state index in [0.717, 1.165) is 4.47 Å². The van der Waals surface area contributed by atoms with Crippen LogP contribution in [0.5, 0.6) is 0 Å². The van der Waals surface area contributed by atoms with E-state index < -0.39 is 20.0 Å². The third-order valence-electron chi connectivity index (χ3n) is 3.36. The van der Waals surface area contributed by atoms with Gasteiger partial charge < -0.3 is 4.74 Å². The number of hydrogen-bond donors (Lipinski definition) is 2. The standard InChI is InChI=1S/C16H19BrN2O5S2/c1-24-12-2-11-18-25(20,21)15-9-5-14(6-10-15)19-26(22,23)16-7-3-13(17)4-8-16/h3-10,18-19H,2,11-12H2,1H3. The van der Waals surface area contributed by atoms with E-state index in [1.165, 1.54) is 36.4 Å². The van der Waals surface area contributed by atoms with Gasteiger partial charge in [0, 0.05) is 30.4 Å². The van der Waals surface area contributed by atoms with Crippen LogP contribution in [0.4, 0.5) is 5.69 Å². The van der Waals surface area contributed by atoms with Gasteiger partial charge in [0.1, 0.15) is 0 Å². The largest absolute Gasteiger partial charge is 0.385 e. The summed E-state index contributed by atoms with van der Waals surface area (Å²) in [5.41, 5.74) is 0.270. The van der Waals surface area contributed by atoms with Crippen LogP contribution in [0.3, 0.4) is 0 Å². The van der Waals surface area contributed by atoms with Gasteiger partial charge in [-0.3, -0.25) is 4.72 Å². The molecular formula is C16H19BrN2O5S2. The quantitative estimate of drug-likeness (QED) is 0.557. The second-order valence-corrected chi connectivity index (χ2v) is 9.69. The summed E-state index contributed by atoms with van der Waals surface area (Å²) >= 11 is 3.25. The number of benzene rings is 2.